The topological polar surface area (TPSA) is 94.0 Å². The van der Waals surface area contributed by atoms with E-state index in [4.69, 9.17) is 5.73 Å². The van der Waals surface area contributed by atoms with Crippen LogP contribution in [-0.4, -0.2) is 16.2 Å². The molecule has 0 saturated carbocycles. The number of aryl methyl sites for hydroxylation is 1. The average Bonchev–Trinajstić information content (AvgIpc) is 2.68. The summed E-state index contributed by atoms with van der Waals surface area (Å²) < 4.78 is 4.44. The lowest BCUT2D eigenvalue weighted by atomic mass is 10.2. The molecule has 1 heterocycles. The van der Waals surface area contributed by atoms with Crippen molar-refractivity contribution in [3.05, 3.63) is 35.7 Å². The standard InChI is InChI=1S/C10H10N4O2/c1-6-9(14-16-13-6)10(15)12-8-5-3-2-4-7(8)11/h2-5H,11H2,1H3,(H,12,15). The second kappa shape index (κ2) is 4.01. The van der Waals surface area contributed by atoms with E-state index >= 15 is 0 Å². The van der Waals surface area contributed by atoms with E-state index in [0.717, 1.165) is 0 Å². The molecule has 3 N–H and O–H groups in total. The number of benzene rings is 1. The van der Waals surface area contributed by atoms with E-state index in [2.05, 4.69) is 20.3 Å². The van der Waals surface area contributed by atoms with Crippen molar-refractivity contribution < 1.29 is 9.42 Å². The lowest BCUT2D eigenvalue weighted by molar-refractivity contribution is 0.101. The van der Waals surface area contributed by atoms with Crippen LogP contribution in [0.2, 0.25) is 0 Å². The number of amides is 1. The van der Waals surface area contributed by atoms with Gasteiger partial charge in [0, 0.05) is 0 Å². The fourth-order valence-electron chi connectivity index (χ4n) is 1.23. The summed E-state index contributed by atoms with van der Waals surface area (Å²) >= 11 is 0. The number of carbonyl (C=O) groups is 1. The number of nitrogens with zero attached hydrogens (tertiary/aromatic N) is 2. The molecule has 6 nitrogen and oxygen atoms in total. The highest BCUT2D eigenvalue weighted by atomic mass is 16.6. The summed E-state index contributed by atoms with van der Waals surface area (Å²) in [7, 11) is 0. The van der Waals surface area contributed by atoms with Gasteiger partial charge in [-0.2, -0.15) is 0 Å². The number of aromatic nitrogens is 2. The van der Waals surface area contributed by atoms with Gasteiger partial charge in [0.05, 0.1) is 11.4 Å². The minimum absolute atomic E-state index is 0.156. The summed E-state index contributed by atoms with van der Waals surface area (Å²) in [4.78, 5) is 11.7. The maximum absolute atomic E-state index is 11.7. The number of rotatable bonds is 2. The van der Waals surface area contributed by atoms with Crippen molar-refractivity contribution in [1.82, 2.24) is 10.3 Å². The van der Waals surface area contributed by atoms with Crippen LogP contribution in [0.4, 0.5) is 11.4 Å². The fraction of sp³-hybridized carbons (Fsp3) is 0.100. The molecule has 0 unspecified atom stereocenters. The van der Waals surface area contributed by atoms with Crippen molar-refractivity contribution in [1.29, 1.82) is 0 Å². The Labute approximate surface area is 91.4 Å². The summed E-state index contributed by atoms with van der Waals surface area (Å²) in [6.07, 6.45) is 0. The van der Waals surface area contributed by atoms with Gasteiger partial charge in [-0.15, -0.1) is 0 Å². The Bertz CT molecular complexity index is 521. The highest BCUT2D eigenvalue weighted by molar-refractivity contribution is 6.04. The molecular formula is C10H10N4O2. The lowest BCUT2D eigenvalue weighted by Crippen LogP contribution is -2.14. The maximum atomic E-state index is 11.7. The fourth-order valence-corrected chi connectivity index (χ4v) is 1.23. The third-order valence-corrected chi connectivity index (χ3v) is 2.08. The molecule has 2 rings (SSSR count). The van der Waals surface area contributed by atoms with E-state index in [9.17, 15) is 4.79 Å². The van der Waals surface area contributed by atoms with Gasteiger partial charge >= 0.3 is 0 Å². The van der Waals surface area contributed by atoms with E-state index in [0.29, 0.717) is 17.1 Å². The first kappa shape index (κ1) is 10.2. The van der Waals surface area contributed by atoms with Crippen molar-refractivity contribution in [3.63, 3.8) is 0 Å². The smallest absolute Gasteiger partial charge is 0.279 e. The Morgan fingerprint density at radius 3 is 2.75 bits per heavy atom. The first-order valence-electron chi connectivity index (χ1n) is 4.63. The van der Waals surface area contributed by atoms with Crippen molar-refractivity contribution in [2.24, 2.45) is 0 Å². The molecule has 0 bridgehead atoms. The van der Waals surface area contributed by atoms with Crippen LogP contribution in [0.1, 0.15) is 16.2 Å². The van der Waals surface area contributed by atoms with Crippen LogP contribution in [-0.2, 0) is 0 Å². The second-order valence-electron chi connectivity index (χ2n) is 3.24. The van der Waals surface area contributed by atoms with Crippen LogP contribution in [0.3, 0.4) is 0 Å². The third-order valence-electron chi connectivity index (χ3n) is 2.08. The van der Waals surface area contributed by atoms with Crippen molar-refractivity contribution in [2.75, 3.05) is 11.1 Å². The van der Waals surface area contributed by atoms with Gasteiger partial charge in [-0.3, -0.25) is 4.79 Å². The Morgan fingerprint density at radius 2 is 2.12 bits per heavy atom. The molecule has 2 aromatic rings. The molecule has 0 spiro atoms. The van der Waals surface area contributed by atoms with Crippen LogP contribution in [0.5, 0.6) is 0 Å². The van der Waals surface area contributed by atoms with E-state index in [-0.39, 0.29) is 5.69 Å². The minimum atomic E-state index is -0.392. The van der Waals surface area contributed by atoms with E-state index in [1.165, 1.54) is 0 Å². The molecule has 0 aliphatic rings. The van der Waals surface area contributed by atoms with Crippen LogP contribution >= 0.6 is 0 Å². The Kier molecular flexibility index (Phi) is 2.55. The van der Waals surface area contributed by atoms with Gasteiger partial charge in [0.1, 0.15) is 5.69 Å². The molecule has 82 valence electrons. The highest BCUT2D eigenvalue weighted by Gasteiger charge is 2.15. The third kappa shape index (κ3) is 1.85. The summed E-state index contributed by atoms with van der Waals surface area (Å²) in [6.45, 7) is 1.64. The molecule has 0 fully saturated rings. The van der Waals surface area contributed by atoms with Gasteiger partial charge in [-0.05, 0) is 24.2 Å². The van der Waals surface area contributed by atoms with Gasteiger partial charge in [0.25, 0.3) is 5.91 Å². The number of nitrogen functional groups attached to an aromatic ring is 1. The summed E-state index contributed by atoms with van der Waals surface area (Å²) in [5.74, 6) is -0.392. The number of anilines is 2. The van der Waals surface area contributed by atoms with Gasteiger partial charge in [-0.1, -0.05) is 17.3 Å². The largest absolute Gasteiger partial charge is 0.397 e. The second-order valence-corrected chi connectivity index (χ2v) is 3.24. The number of nitrogens with two attached hydrogens (primary N) is 1. The lowest BCUT2D eigenvalue weighted by Gasteiger charge is -2.05. The zero-order valence-electron chi connectivity index (χ0n) is 8.60. The van der Waals surface area contributed by atoms with E-state index in [1.54, 1.807) is 31.2 Å². The van der Waals surface area contributed by atoms with Gasteiger partial charge in [-0.25, -0.2) is 4.63 Å². The van der Waals surface area contributed by atoms with E-state index in [1.807, 2.05) is 0 Å². The molecule has 16 heavy (non-hydrogen) atoms. The van der Waals surface area contributed by atoms with Crippen molar-refractivity contribution >= 4 is 17.3 Å². The zero-order chi connectivity index (χ0) is 11.5. The monoisotopic (exact) mass is 218 g/mol. The molecule has 0 saturated heterocycles. The van der Waals surface area contributed by atoms with Crippen LogP contribution in [0.25, 0.3) is 0 Å². The summed E-state index contributed by atoms with van der Waals surface area (Å²) in [6, 6.07) is 6.97. The first-order chi connectivity index (χ1) is 7.68. The molecule has 1 aromatic carbocycles. The molecule has 0 aliphatic heterocycles. The van der Waals surface area contributed by atoms with Crippen molar-refractivity contribution in [3.8, 4) is 0 Å². The minimum Gasteiger partial charge on any atom is -0.397 e. The predicted molar refractivity (Wildman–Crippen MR) is 57.8 cm³/mol. The summed E-state index contributed by atoms with van der Waals surface area (Å²) in [5.41, 5.74) is 7.31. The Balaban J connectivity index is 2.21. The van der Waals surface area contributed by atoms with Crippen molar-refractivity contribution in [2.45, 2.75) is 6.92 Å². The number of nitrogens with one attached hydrogen (secondary N) is 1. The van der Waals surface area contributed by atoms with Gasteiger partial charge < -0.3 is 11.1 Å². The highest BCUT2D eigenvalue weighted by Crippen LogP contribution is 2.17. The molecule has 0 aliphatic carbocycles. The number of hydrogen-bond acceptors (Lipinski definition) is 5. The molecule has 0 atom stereocenters. The molecule has 6 heteroatoms. The predicted octanol–water partition coefficient (Wildman–Crippen LogP) is 1.21. The molecule has 1 amide bonds. The van der Waals surface area contributed by atoms with Gasteiger partial charge in [0.15, 0.2) is 5.69 Å². The van der Waals surface area contributed by atoms with Gasteiger partial charge in [0.2, 0.25) is 0 Å². The van der Waals surface area contributed by atoms with Crippen LogP contribution < -0.4 is 11.1 Å². The molecule has 0 radical (unpaired) electrons. The Hall–Kier alpha value is -2.37. The number of para-hydroxylation sites is 2. The maximum Gasteiger partial charge on any atom is 0.279 e. The number of hydrogen-bond donors (Lipinski definition) is 2. The molecular weight excluding hydrogens is 208 g/mol. The van der Waals surface area contributed by atoms with Crippen LogP contribution in [0.15, 0.2) is 28.9 Å². The van der Waals surface area contributed by atoms with E-state index < -0.39 is 5.91 Å². The average molecular weight is 218 g/mol. The SMILES string of the molecule is Cc1nonc1C(=O)Nc1ccccc1N. The summed E-state index contributed by atoms with van der Waals surface area (Å²) in [5, 5.41) is 9.65. The zero-order valence-corrected chi connectivity index (χ0v) is 8.60. The normalized spacial score (nSPS) is 10.1. The Morgan fingerprint density at radius 1 is 1.38 bits per heavy atom. The van der Waals surface area contributed by atoms with Crippen LogP contribution in [0, 0.1) is 6.92 Å². The molecule has 1 aromatic heterocycles. The number of carbonyl (C=O) groups excluding carboxylic acids is 1. The quantitative estimate of drug-likeness (QED) is 0.739. The first-order valence-corrected chi connectivity index (χ1v) is 4.63.